The van der Waals surface area contributed by atoms with Crippen molar-refractivity contribution in [3.8, 4) is 5.75 Å². The van der Waals surface area contributed by atoms with E-state index in [1.165, 1.54) is 11.0 Å². The highest BCUT2D eigenvalue weighted by molar-refractivity contribution is 7.80. The predicted octanol–water partition coefficient (Wildman–Crippen LogP) is 6.06. The first kappa shape index (κ1) is 23.3. The summed E-state index contributed by atoms with van der Waals surface area (Å²) in [5.74, 6) is -0.483. The molecule has 0 bridgehead atoms. The first-order chi connectivity index (χ1) is 15.8. The maximum Gasteiger partial charge on any atom is 0.270 e. The Labute approximate surface area is 210 Å². The van der Waals surface area contributed by atoms with Crippen LogP contribution in [0, 0.1) is 0 Å². The van der Waals surface area contributed by atoms with Crippen LogP contribution in [0.2, 0.25) is 15.1 Å². The van der Waals surface area contributed by atoms with E-state index < -0.39 is 11.8 Å². The van der Waals surface area contributed by atoms with Crippen LogP contribution >= 0.6 is 47.0 Å². The molecule has 1 fully saturated rings. The van der Waals surface area contributed by atoms with Gasteiger partial charge in [-0.15, -0.1) is 0 Å². The normalized spacial score (nSPS) is 15.1. The van der Waals surface area contributed by atoms with E-state index in [0.29, 0.717) is 32.1 Å². The summed E-state index contributed by atoms with van der Waals surface area (Å²) >= 11 is 23.2. The first-order valence-corrected chi connectivity index (χ1v) is 11.2. The van der Waals surface area contributed by atoms with Crippen LogP contribution in [0.15, 0.2) is 72.3 Å². The molecule has 0 saturated carbocycles. The molecule has 0 unspecified atom stereocenters. The topological polar surface area (TPSA) is 58.6 Å². The molecule has 1 aliphatic heterocycles. The number of nitrogens with zero attached hydrogens (tertiary/aromatic N) is 1. The number of rotatable bonds is 5. The number of carbonyl (C=O) groups excluding carboxylic acids is 2. The van der Waals surface area contributed by atoms with E-state index in [4.69, 9.17) is 51.8 Å². The maximum absolute atomic E-state index is 13.0. The highest BCUT2D eigenvalue weighted by atomic mass is 35.5. The minimum atomic E-state index is -0.562. The van der Waals surface area contributed by atoms with E-state index in [1.54, 1.807) is 66.7 Å². The molecule has 1 aliphatic rings. The summed E-state index contributed by atoms with van der Waals surface area (Å²) < 4.78 is 5.77. The Morgan fingerprint density at radius 3 is 2.24 bits per heavy atom. The van der Waals surface area contributed by atoms with E-state index in [0.717, 1.165) is 5.56 Å². The van der Waals surface area contributed by atoms with Gasteiger partial charge in [0.05, 0.1) is 5.69 Å². The highest BCUT2D eigenvalue weighted by Gasteiger charge is 2.34. The third-order valence-electron chi connectivity index (χ3n) is 4.79. The number of nitrogens with one attached hydrogen (secondary N) is 1. The molecule has 3 aromatic rings. The molecule has 4 rings (SSSR count). The van der Waals surface area contributed by atoms with Crippen molar-refractivity contribution in [1.82, 2.24) is 5.32 Å². The van der Waals surface area contributed by atoms with Gasteiger partial charge in [-0.1, -0.05) is 53.0 Å². The monoisotopic (exact) mass is 516 g/mol. The second-order valence-electron chi connectivity index (χ2n) is 7.03. The SMILES string of the molecule is O=C1NC(=S)N(c2ccc(Cl)cc2)C(=O)/C1=C/c1ccc(OCc2ccc(Cl)cc2Cl)cc1. The van der Waals surface area contributed by atoms with Crippen molar-refractivity contribution in [3.63, 3.8) is 0 Å². The van der Waals surface area contributed by atoms with Crippen molar-refractivity contribution in [2.24, 2.45) is 0 Å². The average Bonchev–Trinajstić information content (AvgIpc) is 2.78. The molecule has 1 N–H and O–H groups in total. The lowest BCUT2D eigenvalue weighted by Crippen LogP contribution is -2.54. The predicted molar refractivity (Wildman–Crippen MR) is 135 cm³/mol. The quantitative estimate of drug-likeness (QED) is 0.254. The average molecular weight is 518 g/mol. The van der Waals surface area contributed by atoms with Crippen LogP contribution in [-0.4, -0.2) is 16.9 Å². The Morgan fingerprint density at radius 2 is 1.58 bits per heavy atom. The number of benzene rings is 3. The second-order valence-corrected chi connectivity index (χ2v) is 8.69. The van der Waals surface area contributed by atoms with E-state index in [1.807, 2.05) is 0 Å². The third-order valence-corrected chi connectivity index (χ3v) is 5.91. The maximum atomic E-state index is 13.0. The van der Waals surface area contributed by atoms with Crippen molar-refractivity contribution in [3.05, 3.63) is 98.5 Å². The number of ether oxygens (including phenoxy) is 1. The number of hydrogen-bond acceptors (Lipinski definition) is 4. The molecule has 0 atom stereocenters. The van der Waals surface area contributed by atoms with Gasteiger partial charge in [0.1, 0.15) is 17.9 Å². The summed E-state index contributed by atoms with van der Waals surface area (Å²) in [7, 11) is 0. The number of halogens is 3. The van der Waals surface area contributed by atoms with Gasteiger partial charge in [0.2, 0.25) is 0 Å². The van der Waals surface area contributed by atoms with Gasteiger partial charge < -0.3 is 4.74 Å². The van der Waals surface area contributed by atoms with E-state index >= 15 is 0 Å². The van der Waals surface area contributed by atoms with E-state index in [2.05, 4.69) is 5.32 Å². The Kier molecular flexibility index (Phi) is 7.00. The Bertz CT molecular complexity index is 1280. The lowest BCUT2D eigenvalue weighted by molar-refractivity contribution is -0.122. The summed E-state index contributed by atoms with van der Waals surface area (Å²) in [6.45, 7) is 0.269. The van der Waals surface area contributed by atoms with Crippen LogP contribution in [-0.2, 0) is 16.2 Å². The van der Waals surface area contributed by atoms with Gasteiger partial charge in [-0.2, -0.15) is 0 Å². The van der Waals surface area contributed by atoms with Gasteiger partial charge in [0, 0.05) is 20.6 Å². The van der Waals surface area contributed by atoms with Crippen molar-refractivity contribution in [1.29, 1.82) is 0 Å². The summed E-state index contributed by atoms with van der Waals surface area (Å²) in [5, 5.41) is 4.16. The summed E-state index contributed by atoms with van der Waals surface area (Å²) in [6.07, 6.45) is 1.50. The van der Waals surface area contributed by atoms with Gasteiger partial charge >= 0.3 is 0 Å². The van der Waals surface area contributed by atoms with Gasteiger partial charge in [-0.25, -0.2) is 0 Å². The fourth-order valence-corrected chi connectivity index (χ4v) is 3.98. The van der Waals surface area contributed by atoms with Gasteiger partial charge in [0.25, 0.3) is 11.8 Å². The molecule has 166 valence electrons. The zero-order valence-corrected chi connectivity index (χ0v) is 19.9. The zero-order valence-electron chi connectivity index (χ0n) is 16.8. The fourth-order valence-electron chi connectivity index (χ4n) is 3.11. The molecule has 0 radical (unpaired) electrons. The largest absolute Gasteiger partial charge is 0.489 e. The molecule has 9 heteroatoms. The van der Waals surface area contributed by atoms with Crippen LogP contribution in [0.5, 0.6) is 5.75 Å². The molecule has 1 saturated heterocycles. The molecule has 5 nitrogen and oxygen atoms in total. The molecule has 3 aromatic carbocycles. The Hall–Kier alpha value is -2.90. The second kappa shape index (κ2) is 9.93. The van der Waals surface area contributed by atoms with Crippen molar-refractivity contribution < 1.29 is 14.3 Å². The fraction of sp³-hybridized carbons (Fsp3) is 0.0417. The minimum absolute atomic E-state index is 0.00841. The smallest absolute Gasteiger partial charge is 0.270 e. The van der Waals surface area contributed by atoms with Crippen molar-refractivity contribution in [2.75, 3.05) is 4.90 Å². The van der Waals surface area contributed by atoms with Crippen LogP contribution in [0.1, 0.15) is 11.1 Å². The molecule has 0 spiro atoms. The number of carbonyl (C=O) groups is 2. The summed E-state index contributed by atoms with van der Waals surface area (Å²) in [5.41, 5.74) is 1.91. The minimum Gasteiger partial charge on any atom is -0.489 e. The standard InChI is InChI=1S/C24H15Cl3N2O3S/c25-16-5-7-18(8-6-16)29-23(31)20(22(30)28-24(29)33)11-14-1-9-19(10-2-14)32-13-15-3-4-17(26)12-21(15)27/h1-12H,13H2,(H,28,30,33)/b20-11+. The zero-order chi connectivity index (χ0) is 23.5. The lowest BCUT2D eigenvalue weighted by atomic mass is 10.1. The third kappa shape index (κ3) is 5.37. The van der Waals surface area contributed by atoms with Crippen molar-refractivity contribution in [2.45, 2.75) is 6.61 Å². The Balaban J connectivity index is 1.51. The highest BCUT2D eigenvalue weighted by Crippen LogP contribution is 2.25. The number of amides is 2. The molecule has 33 heavy (non-hydrogen) atoms. The Morgan fingerprint density at radius 1 is 0.909 bits per heavy atom. The van der Waals surface area contributed by atoms with E-state index in [-0.39, 0.29) is 17.3 Å². The van der Waals surface area contributed by atoms with Crippen LogP contribution in [0.3, 0.4) is 0 Å². The number of anilines is 1. The van der Waals surface area contributed by atoms with Crippen LogP contribution in [0.4, 0.5) is 5.69 Å². The van der Waals surface area contributed by atoms with Gasteiger partial charge in [-0.3, -0.25) is 19.8 Å². The molecule has 2 amide bonds. The van der Waals surface area contributed by atoms with E-state index in [9.17, 15) is 9.59 Å². The first-order valence-electron chi connectivity index (χ1n) is 9.65. The molecule has 1 heterocycles. The van der Waals surface area contributed by atoms with Crippen LogP contribution in [0.25, 0.3) is 6.08 Å². The molecule has 0 aromatic heterocycles. The van der Waals surface area contributed by atoms with Crippen LogP contribution < -0.4 is 15.0 Å². The van der Waals surface area contributed by atoms with Gasteiger partial charge in [-0.05, 0) is 72.4 Å². The molecule has 0 aliphatic carbocycles. The summed E-state index contributed by atoms with van der Waals surface area (Å²) in [4.78, 5) is 26.8. The number of hydrogen-bond donors (Lipinski definition) is 1. The summed E-state index contributed by atoms with van der Waals surface area (Å²) in [6, 6.07) is 18.7. The lowest BCUT2D eigenvalue weighted by Gasteiger charge is -2.28. The molecular formula is C24H15Cl3N2O3S. The molecular weight excluding hydrogens is 503 g/mol. The van der Waals surface area contributed by atoms with Gasteiger partial charge in [0.15, 0.2) is 5.11 Å². The number of thiocarbonyl (C=S) groups is 1. The van der Waals surface area contributed by atoms with Crippen molar-refractivity contribution >= 4 is 75.7 Å².